The quantitative estimate of drug-likeness (QED) is 0.302. The molecule has 0 radical (unpaired) electrons. The molecule has 0 unspecified atom stereocenters. The predicted octanol–water partition coefficient (Wildman–Crippen LogP) is 5.87. The van der Waals surface area contributed by atoms with E-state index in [2.05, 4.69) is 25.5 Å². The summed E-state index contributed by atoms with van der Waals surface area (Å²) >= 11 is 6.28. The summed E-state index contributed by atoms with van der Waals surface area (Å²) in [7, 11) is 0. The SMILES string of the molecule is O=C(Nc1cnc(-n2nccn2)c(C(F)(F)F)c1)c1cc(F)c(-c2cccc3cc[nH]c23)cc1Cl. The lowest BCUT2D eigenvalue weighted by Crippen LogP contribution is -2.17. The minimum atomic E-state index is -4.80. The summed E-state index contributed by atoms with van der Waals surface area (Å²) < 4.78 is 55.8. The number of aromatic nitrogens is 5. The molecular weight excluding hydrogens is 488 g/mol. The van der Waals surface area contributed by atoms with Crippen molar-refractivity contribution in [3.63, 3.8) is 0 Å². The number of carbonyl (C=O) groups is 1. The summed E-state index contributed by atoms with van der Waals surface area (Å²) in [5, 5.41) is 10.4. The average molecular weight is 501 g/mol. The van der Waals surface area contributed by atoms with Gasteiger partial charge in [-0.25, -0.2) is 9.37 Å². The maximum Gasteiger partial charge on any atom is 0.420 e. The van der Waals surface area contributed by atoms with Crippen molar-refractivity contribution in [2.45, 2.75) is 6.18 Å². The molecule has 0 saturated carbocycles. The molecule has 2 aromatic carbocycles. The van der Waals surface area contributed by atoms with Crippen LogP contribution >= 0.6 is 11.6 Å². The van der Waals surface area contributed by atoms with Gasteiger partial charge in [-0.1, -0.05) is 29.8 Å². The molecule has 0 spiro atoms. The number of fused-ring (bicyclic) bond motifs is 1. The van der Waals surface area contributed by atoms with E-state index in [0.717, 1.165) is 17.6 Å². The number of aromatic amines is 1. The van der Waals surface area contributed by atoms with E-state index in [9.17, 15) is 18.0 Å². The fourth-order valence-electron chi connectivity index (χ4n) is 3.65. The second-order valence-corrected chi connectivity index (χ2v) is 7.83. The number of alkyl halides is 3. The average Bonchev–Trinajstić information content (AvgIpc) is 3.52. The zero-order valence-corrected chi connectivity index (χ0v) is 18.2. The van der Waals surface area contributed by atoms with Gasteiger partial charge in [0.2, 0.25) is 0 Å². The lowest BCUT2D eigenvalue weighted by atomic mass is 10.0. The number of nitrogens with one attached hydrogen (secondary N) is 2. The molecule has 0 bridgehead atoms. The first kappa shape index (κ1) is 22.5. The predicted molar refractivity (Wildman–Crippen MR) is 121 cm³/mol. The van der Waals surface area contributed by atoms with E-state index < -0.39 is 29.3 Å². The van der Waals surface area contributed by atoms with Crippen molar-refractivity contribution >= 4 is 34.1 Å². The van der Waals surface area contributed by atoms with Crippen LogP contribution in [0, 0.1) is 5.82 Å². The monoisotopic (exact) mass is 500 g/mol. The minimum absolute atomic E-state index is 0.0798. The Morgan fingerprint density at radius 1 is 1.06 bits per heavy atom. The van der Waals surface area contributed by atoms with Gasteiger partial charge in [-0.05, 0) is 29.7 Å². The number of para-hydroxylation sites is 1. The molecule has 3 heterocycles. The second-order valence-electron chi connectivity index (χ2n) is 7.42. The van der Waals surface area contributed by atoms with Crippen LogP contribution in [0.4, 0.5) is 23.2 Å². The molecule has 7 nitrogen and oxygen atoms in total. The van der Waals surface area contributed by atoms with Crippen molar-refractivity contribution < 1.29 is 22.4 Å². The van der Waals surface area contributed by atoms with Gasteiger partial charge < -0.3 is 10.3 Å². The summed E-state index contributed by atoms with van der Waals surface area (Å²) in [5.41, 5.74) is -0.291. The zero-order chi connectivity index (χ0) is 24.7. The zero-order valence-electron chi connectivity index (χ0n) is 17.4. The topological polar surface area (TPSA) is 88.5 Å². The highest BCUT2D eigenvalue weighted by Crippen LogP contribution is 2.35. The Balaban J connectivity index is 1.48. The molecule has 0 aliphatic heterocycles. The van der Waals surface area contributed by atoms with Crippen LogP contribution < -0.4 is 5.32 Å². The smallest absolute Gasteiger partial charge is 0.361 e. The largest absolute Gasteiger partial charge is 0.420 e. The van der Waals surface area contributed by atoms with Gasteiger partial charge in [-0.2, -0.15) is 23.4 Å². The first-order valence-corrected chi connectivity index (χ1v) is 10.4. The molecule has 12 heteroatoms. The number of carbonyl (C=O) groups excluding carboxylic acids is 1. The van der Waals surface area contributed by atoms with Crippen molar-refractivity contribution in [1.82, 2.24) is 25.0 Å². The summed E-state index contributed by atoms with van der Waals surface area (Å²) in [6.45, 7) is 0. The third-order valence-electron chi connectivity index (χ3n) is 5.22. The van der Waals surface area contributed by atoms with Crippen molar-refractivity contribution in [1.29, 1.82) is 0 Å². The highest BCUT2D eigenvalue weighted by Gasteiger charge is 2.36. The third-order valence-corrected chi connectivity index (χ3v) is 5.53. The second kappa shape index (κ2) is 8.51. The molecule has 35 heavy (non-hydrogen) atoms. The van der Waals surface area contributed by atoms with Crippen LogP contribution in [0.15, 0.2) is 67.3 Å². The lowest BCUT2D eigenvalue weighted by molar-refractivity contribution is -0.137. The Kier molecular flexibility index (Phi) is 5.48. The molecule has 0 atom stereocenters. The van der Waals surface area contributed by atoms with E-state index in [4.69, 9.17) is 11.6 Å². The van der Waals surface area contributed by atoms with E-state index in [1.807, 2.05) is 12.1 Å². The maximum atomic E-state index is 15.0. The molecule has 176 valence electrons. The maximum absolute atomic E-state index is 15.0. The molecule has 0 saturated heterocycles. The number of amides is 1. The summed E-state index contributed by atoms with van der Waals surface area (Å²) in [6, 6.07) is 10.1. The molecule has 3 aromatic heterocycles. The van der Waals surface area contributed by atoms with Crippen molar-refractivity contribution in [3.8, 4) is 16.9 Å². The number of hydrogen-bond donors (Lipinski definition) is 2. The van der Waals surface area contributed by atoms with Gasteiger partial charge in [0.25, 0.3) is 5.91 Å². The van der Waals surface area contributed by atoms with Crippen molar-refractivity contribution in [2.24, 2.45) is 0 Å². The lowest BCUT2D eigenvalue weighted by Gasteiger charge is -2.14. The number of H-pyrrole nitrogens is 1. The first-order chi connectivity index (χ1) is 16.7. The molecular formula is C23H13ClF4N6O. The van der Waals surface area contributed by atoms with Crippen LogP contribution in [0.25, 0.3) is 27.8 Å². The van der Waals surface area contributed by atoms with E-state index in [1.54, 1.807) is 18.3 Å². The Morgan fingerprint density at radius 2 is 1.83 bits per heavy atom. The molecule has 0 fully saturated rings. The summed E-state index contributed by atoms with van der Waals surface area (Å²) in [4.78, 5) is 20.3. The number of benzene rings is 2. The number of halogens is 5. The van der Waals surface area contributed by atoms with E-state index in [1.165, 1.54) is 18.5 Å². The highest BCUT2D eigenvalue weighted by molar-refractivity contribution is 6.34. The van der Waals surface area contributed by atoms with Gasteiger partial charge in [-0.3, -0.25) is 4.79 Å². The van der Waals surface area contributed by atoms with Gasteiger partial charge in [0.05, 0.1) is 40.4 Å². The van der Waals surface area contributed by atoms with E-state index >= 15 is 4.39 Å². The van der Waals surface area contributed by atoms with Crippen molar-refractivity contribution in [2.75, 3.05) is 5.32 Å². The van der Waals surface area contributed by atoms with Gasteiger partial charge in [0.15, 0.2) is 5.82 Å². The minimum Gasteiger partial charge on any atom is -0.361 e. The van der Waals surface area contributed by atoms with Crippen molar-refractivity contribution in [3.05, 3.63) is 89.2 Å². The number of rotatable bonds is 4. The summed E-state index contributed by atoms with van der Waals surface area (Å²) in [6.07, 6.45) is 0.325. The molecule has 5 rings (SSSR count). The van der Waals surface area contributed by atoms with Crippen LogP contribution in [-0.4, -0.2) is 30.9 Å². The molecule has 1 amide bonds. The Morgan fingerprint density at radius 3 is 2.57 bits per heavy atom. The highest BCUT2D eigenvalue weighted by atomic mass is 35.5. The van der Waals surface area contributed by atoms with Gasteiger partial charge in [0, 0.05) is 17.3 Å². The number of pyridine rings is 1. The van der Waals surface area contributed by atoms with Crippen LogP contribution in [0.5, 0.6) is 0 Å². The Bertz CT molecular complexity index is 1560. The molecule has 0 aliphatic rings. The molecule has 5 aromatic rings. The fourth-order valence-corrected chi connectivity index (χ4v) is 3.90. The van der Waals surface area contributed by atoms with Crippen LogP contribution in [0.3, 0.4) is 0 Å². The van der Waals surface area contributed by atoms with E-state index in [0.29, 0.717) is 21.9 Å². The Labute approximate surface area is 199 Å². The van der Waals surface area contributed by atoms with Crippen LogP contribution in [0.2, 0.25) is 5.02 Å². The van der Waals surface area contributed by atoms with Gasteiger partial charge in [-0.15, -0.1) is 4.80 Å². The van der Waals surface area contributed by atoms with E-state index in [-0.39, 0.29) is 21.8 Å². The summed E-state index contributed by atoms with van der Waals surface area (Å²) in [5.74, 6) is -2.19. The molecule has 0 aliphatic carbocycles. The first-order valence-electron chi connectivity index (χ1n) is 10.0. The number of hydrogen-bond acceptors (Lipinski definition) is 4. The standard InChI is InChI=1S/C23H13ClF4N6O/c24-18-9-15(14-3-1-2-12-4-5-29-20(12)14)19(25)10-16(18)22(35)33-13-8-17(23(26,27)28)21(30-11-13)34-31-6-7-32-34/h1-11,29H,(H,33,35). The third kappa shape index (κ3) is 4.21. The Hall–Kier alpha value is -4.25. The number of anilines is 1. The van der Waals surface area contributed by atoms with Crippen LogP contribution in [0.1, 0.15) is 15.9 Å². The van der Waals surface area contributed by atoms with Crippen LogP contribution in [-0.2, 0) is 6.18 Å². The number of nitrogens with zero attached hydrogens (tertiary/aromatic N) is 4. The molecule has 2 N–H and O–H groups in total. The van der Waals surface area contributed by atoms with Gasteiger partial charge >= 0.3 is 6.18 Å². The van der Waals surface area contributed by atoms with Gasteiger partial charge in [0.1, 0.15) is 11.4 Å². The fraction of sp³-hybridized carbons (Fsp3) is 0.0435. The normalized spacial score (nSPS) is 11.7.